The Kier molecular flexibility index (Phi) is 3.93. The zero-order valence-corrected chi connectivity index (χ0v) is 12.5. The minimum atomic E-state index is 0.602. The molecule has 0 aliphatic heterocycles. The molecule has 0 saturated carbocycles. The van der Waals surface area contributed by atoms with E-state index in [-0.39, 0.29) is 0 Å². The summed E-state index contributed by atoms with van der Waals surface area (Å²) >= 11 is 0. The maximum Gasteiger partial charge on any atom is 0.207 e. The van der Waals surface area contributed by atoms with Gasteiger partial charge in [-0.3, -0.25) is 4.57 Å². The van der Waals surface area contributed by atoms with E-state index in [0.717, 1.165) is 18.2 Å². The van der Waals surface area contributed by atoms with Gasteiger partial charge in [0, 0.05) is 18.4 Å². The third-order valence-electron chi connectivity index (χ3n) is 2.98. The average molecular weight is 257 g/mol. The van der Waals surface area contributed by atoms with Crippen molar-refractivity contribution in [3.8, 4) is 5.69 Å². The highest BCUT2D eigenvalue weighted by molar-refractivity contribution is 5.46. The van der Waals surface area contributed by atoms with Gasteiger partial charge >= 0.3 is 0 Å². The van der Waals surface area contributed by atoms with Crippen LogP contribution in [0.1, 0.15) is 30.7 Å². The second-order valence-corrected chi connectivity index (χ2v) is 5.70. The van der Waals surface area contributed by atoms with Crippen LogP contribution in [-0.4, -0.2) is 16.1 Å². The van der Waals surface area contributed by atoms with Crippen molar-refractivity contribution in [2.45, 2.75) is 34.6 Å². The van der Waals surface area contributed by atoms with Crippen LogP contribution in [0.5, 0.6) is 0 Å². The highest BCUT2D eigenvalue weighted by Gasteiger charge is 2.08. The van der Waals surface area contributed by atoms with E-state index in [2.05, 4.69) is 67.0 Å². The fourth-order valence-electron chi connectivity index (χ4n) is 2.20. The van der Waals surface area contributed by atoms with Gasteiger partial charge in [-0.2, -0.15) is 0 Å². The molecule has 1 N–H and O–H groups in total. The number of aryl methyl sites for hydroxylation is 3. The van der Waals surface area contributed by atoms with Crippen molar-refractivity contribution in [1.29, 1.82) is 0 Å². The fourth-order valence-corrected chi connectivity index (χ4v) is 2.20. The Morgan fingerprint density at radius 1 is 1.11 bits per heavy atom. The van der Waals surface area contributed by atoms with Gasteiger partial charge in [-0.15, -0.1) is 0 Å². The van der Waals surface area contributed by atoms with Crippen LogP contribution in [0.15, 0.2) is 24.4 Å². The van der Waals surface area contributed by atoms with Crippen LogP contribution in [0.25, 0.3) is 5.69 Å². The van der Waals surface area contributed by atoms with Gasteiger partial charge in [0.25, 0.3) is 0 Å². The topological polar surface area (TPSA) is 29.9 Å². The second-order valence-electron chi connectivity index (χ2n) is 5.70. The minimum Gasteiger partial charge on any atom is -0.355 e. The number of anilines is 1. The predicted molar refractivity (Wildman–Crippen MR) is 81.1 cm³/mol. The van der Waals surface area contributed by atoms with Crippen molar-refractivity contribution in [3.05, 3.63) is 41.2 Å². The first-order valence-electron chi connectivity index (χ1n) is 6.84. The molecule has 102 valence electrons. The predicted octanol–water partition coefficient (Wildman–Crippen LogP) is 3.87. The molecule has 19 heavy (non-hydrogen) atoms. The molecular weight excluding hydrogens is 234 g/mol. The van der Waals surface area contributed by atoms with E-state index in [1.54, 1.807) is 0 Å². The molecule has 1 aromatic carbocycles. The fraction of sp³-hybridized carbons (Fsp3) is 0.438. The number of nitrogens with one attached hydrogen (secondary N) is 1. The number of nitrogens with zero attached hydrogens (tertiary/aromatic N) is 2. The van der Waals surface area contributed by atoms with E-state index in [4.69, 9.17) is 0 Å². The van der Waals surface area contributed by atoms with Gasteiger partial charge in [0.05, 0.1) is 5.69 Å². The summed E-state index contributed by atoms with van der Waals surface area (Å²) in [4.78, 5) is 4.57. The summed E-state index contributed by atoms with van der Waals surface area (Å²) in [5.41, 5.74) is 4.75. The Morgan fingerprint density at radius 3 is 2.32 bits per heavy atom. The Labute approximate surface area is 115 Å². The normalized spacial score (nSPS) is 11.1. The molecule has 3 heteroatoms. The number of hydrogen-bond acceptors (Lipinski definition) is 2. The van der Waals surface area contributed by atoms with Crippen LogP contribution in [0.2, 0.25) is 0 Å². The summed E-state index contributed by atoms with van der Waals surface area (Å²) in [7, 11) is 0. The lowest BCUT2D eigenvalue weighted by molar-refractivity contribution is 0.683. The summed E-state index contributed by atoms with van der Waals surface area (Å²) in [6.07, 6.45) is 2.08. The highest BCUT2D eigenvalue weighted by Crippen LogP contribution is 2.19. The number of benzene rings is 1. The monoisotopic (exact) mass is 257 g/mol. The van der Waals surface area contributed by atoms with Crippen molar-refractivity contribution in [2.75, 3.05) is 11.9 Å². The summed E-state index contributed by atoms with van der Waals surface area (Å²) in [5.74, 6) is 1.53. The van der Waals surface area contributed by atoms with Gasteiger partial charge in [-0.1, -0.05) is 19.9 Å². The first-order chi connectivity index (χ1) is 8.95. The lowest BCUT2D eigenvalue weighted by atomic mass is 10.1. The van der Waals surface area contributed by atoms with Crippen LogP contribution in [0, 0.1) is 26.7 Å². The third-order valence-corrected chi connectivity index (χ3v) is 2.98. The Bertz CT molecular complexity index is 547. The molecule has 2 aromatic rings. The van der Waals surface area contributed by atoms with E-state index in [9.17, 15) is 0 Å². The SMILES string of the molecule is Cc1cc(C)cc(-n2cc(C)nc2NCC(C)C)c1. The molecule has 1 heterocycles. The van der Waals surface area contributed by atoms with E-state index < -0.39 is 0 Å². The van der Waals surface area contributed by atoms with Crippen LogP contribution in [0.3, 0.4) is 0 Å². The zero-order chi connectivity index (χ0) is 14.0. The van der Waals surface area contributed by atoms with E-state index in [1.165, 1.54) is 16.8 Å². The molecule has 0 bridgehead atoms. The standard InChI is InChI=1S/C16H23N3/c1-11(2)9-17-16-18-14(5)10-19(16)15-7-12(3)6-13(4)8-15/h6-8,10-11H,9H2,1-5H3,(H,17,18). The van der Waals surface area contributed by atoms with Crippen molar-refractivity contribution < 1.29 is 0 Å². The summed E-state index contributed by atoms with van der Waals surface area (Å²) in [6, 6.07) is 6.57. The van der Waals surface area contributed by atoms with E-state index in [0.29, 0.717) is 5.92 Å². The first-order valence-corrected chi connectivity index (χ1v) is 6.84. The molecule has 0 amide bonds. The number of aromatic nitrogens is 2. The lowest BCUT2D eigenvalue weighted by Gasteiger charge is -2.12. The molecule has 0 aliphatic rings. The van der Waals surface area contributed by atoms with Crippen LogP contribution in [-0.2, 0) is 0 Å². The summed E-state index contributed by atoms with van der Waals surface area (Å²) in [6.45, 7) is 11.6. The maximum absolute atomic E-state index is 4.57. The Balaban J connectivity index is 2.37. The first kappa shape index (κ1) is 13.7. The van der Waals surface area contributed by atoms with Gasteiger partial charge in [0.1, 0.15) is 0 Å². The maximum atomic E-state index is 4.57. The molecule has 0 unspecified atom stereocenters. The molecule has 3 nitrogen and oxygen atoms in total. The molecule has 2 rings (SSSR count). The molecule has 0 radical (unpaired) electrons. The van der Waals surface area contributed by atoms with Gasteiger partial charge in [-0.25, -0.2) is 4.98 Å². The average Bonchev–Trinajstić information content (AvgIpc) is 2.66. The van der Waals surface area contributed by atoms with Gasteiger partial charge in [0.2, 0.25) is 5.95 Å². The molecule has 0 saturated heterocycles. The molecule has 0 fully saturated rings. The second kappa shape index (κ2) is 5.47. The third kappa shape index (κ3) is 3.37. The zero-order valence-electron chi connectivity index (χ0n) is 12.5. The van der Waals surface area contributed by atoms with Crippen molar-refractivity contribution >= 4 is 5.95 Å². The van der Waals surface area contributed by atoms with Gasteiger partial charge < -0.3 is 5.32 Å². The van der Waals surface area contributed by atoms with Gasteiger partial charge in [-0.05, 0) is 49.9 Å². The van der Waals surface area contributed by atoms with Crippen molar-refractivity contribution in [1.82, 2.24) is 9.55 Å². The van der Waals surface area contributed by atoms with Crippen molar-refractivity contribution in [2.24, 2.45) is 5.92 Å². The van der Waals surface area contributed by atoms with E-state index in [1.807, 2.05) is 6.92 Å². The van der Waals surface area contributed by atoms with Crippen molar-refractivity contribution in [3.63, 3.8) is 0 Å². The molecule has 1 aromatic heterocycles. The summed E-state index contributed by atoms with van der Waals surface area (Å²) in [5, 5.41) is 3.42. The number of hydrogen-bond donors (Lipinski definition) is 1. The van der Waals surface area contributed by atoms with Gasteiger partial charge in [0.15, 0.2) is 0 Å². The smallest absolute Gasteiger partial charge is 0.207 e. The van der Waals surface area contributed by atoms with E-state index >= 15 is 0 Å². The summed E-state index contributed by atoms with van der Waals surface area (Å²) < 4.78 is 2.14. The largest absolute Gasteiger partial charge is 0.355 e. The minimum absolute atomic E-state index is 0.602. The highest BCUT2D eigenvalue weighted by atomic mass is 15.2. The Hall–Kier alpha value is -1.77. The van der Waals surface area contributed by atoms with Crippen LogP contribution in [0.4, 0.5) is 5.95 Å². The van der Waals surface area contributed by atoms with Crippen LogP contribution < -0.4 is 5.32 Å². The Morgan fingerprint density at radius 2 is 1.74 bits per heavy atom. The molecule has 0 atom stereocenters. The van der Waals surface area contributed by atoms with Crippen LogP contribution >= 0.6 is 0 Å². The molecule has 0 aliphatic carbocycles. The quantitative estimate of drug-likeness (QED) is 0.901. The lowest BCUT2D eigenvalue weighted by Crippen LogP contribution is -2.12. The number of rotatable bonds is 4. The number of imidazole rings is 1. The molecular formula is C16H23N3. The molecule has 0 spiro atoms.